The molecule has 0 radical (unpaired) electrons. The lowest BCUT2D eigenvalue weighted by Crippen LogP contribution is -2.08. The third-order valence-electron chi connectivity index (χ3n) is 3.11. The van der Waals surface area contributed by atoms with Gasteiger partial charge in [-0.05, 0) is 55.6 Å². The van der Waals surface area contributed by atoms with E-state index >= 15 is 0 Å². The van der Waals surface area contributed by atoms with Gasteiger partial charge in [0.2, 0.25) is 0 Å². The van der Waals surface area contributed by atoms with Crippen LogP contribution in [0.3, 0.4) is 0 Å². The zero-order valence-corrected chi connectivity index (χ0v) is 14.3. The number of aliphatic hydroxyl groups is 1. The monoisotopic (exact) mass is 417 g/mol. The van der Waals surface area contributed by atoms with Gasteiger partial charge in [-0.3, -0.25) is 4.57 Å². The molecule has 1 atom stereocenters. The highest BCUT2D eigenvalue weighted by Crippen LogP contribution is 2.38. The predicted molar refractivity (Wildman–Crippen MR) is 85.2 cm³/mol. The SMILES string of the molecule is Cn1c(=O)oc2cc(C(O)c3cc(Br)sc3Br)ccc21. The molecule has 0 fully saturated rings. The van der Waals surface area contributed by atoms with E-state index in [9.17, 15) is 9.90 Å². The van der Waals surface area contributed by atoms with E-state index in [1.54, 1.807) is 25.2 Å². The Morgan fingerprint density at radius 1 is 1.35 bits per heavy atom. The Morgan fingerprint density at radius 3 is 2.75 bits per heavy atom. The zero-order valence-electron chi connectivity index (χ0n) is 10.3. The van der Waals surface area contributed by atoms with E-state index in [1.807, 2.05) is 6.07 Å². The molecule has 0 aliphatic heterocycles. The first-order valence-corrected chi connectivity index (χ1v) is 8.10. The molecule has 4 nitrogen and oxygen atoms in total. The second kappa shape index (κ2) is 5.14. The highest BCUT2D eigenvalue weighted by molar-refractivity contribution is 9.12. The number of aromatic nitrogens is 1. The minimum absolute atomic E-state index is 0.411. The van der Waals surface area contributed by atoms with Crippen LogP contribution in [0.25, 0.3) is 11.1 Å². The Bertz CT molecular complexity index is 849. The van der Waals surface area contributed by atoms with Crippen molar-refractivity contribution >= 4 is 54.3 Å². The molecule has 0 spiro atoms. The first kappa shape index (κ1) is 14.1. The van der Waals surface area contributed by atoms with Crippen LogP contribution >= 0.6 is 43.2 Å². The molecule has 1 aromatic carbocycles. The lowest BCUT2D eigenvalue weighted by Gasteiger charge is -2.10. The van der Waals surface area contributed by atoms with E-state index in [1.165, 1.54) is 15.9 Å². The smallest absolute Gasteiger partial charge is 0.408 e. The van der Waals surface area contributed by atoms with E-state index < -0.39 is 11.9 Å². The Kier molecular flexibility index (Phi) is 3.62. The summed E-state index contributed by atoms with van der Waals surface area (Å²) in [5.74, 6) is -0.411. The Labute approximate surface area is 134 Å². The van der Waals surface area contributed by atoms with Crippen LogP contribution in [0.5, 0.6) is 0 Å². The van der Waals surface area contributed by atoms with Crippen LogP contribution in [0, 0.1) is 0 Å². The number of nitrogens with zero attached hydrogens (tertiary/aromatic N) is 1. The molecule has 2 aromatic heterocycles. The molecule has 0 bridgehead atoms. The molecule has 3 aromatic rings. The number of hydrogen-bond acceptors (Lipinski definition) is 4. The maximum Gasteiger partial charge on any atom is 0.419 e. The second-order valence-corrected chi connectivity index (χ2v) is 8.09. The van der Waals surface area contributed by atoms with Crippen molar-refractivity contribution in [3.63, 3.8) is 0 Å². The average Bonchev–Trinajstić information content (AvgIpc) is 2.89. The third-order valence-corrected chi connectivity index (χ3v) is 5.50. The Hall–Kier alpha value is -0.890. The van der Waals surface area contributed by atoms with Crippen molar-refractivity contribution in [3.8, 4) is 0 Å². The summed E-state index contributed by atoms with van der Waals surface area (Å²) in [7, 11) is 1.65. The highest BCUT2D eigenvalue weighted by atomic mass is 79.9. The maximum atomic E-state index is 11.5. The van der Waals surface area contributed by atoms with Crippen molar-refractivity contribution in [2.24, 2.45) is 7.05 Å². The van der Waals surface area contributed by atoms with Crippen molar-refractivity contribution in [2.75, 3.05) is 0 Å². The van der Waals surface area contributed by atoms with E-state index in [0.717, 1.165) is 13.1 Å². The Morgan fingerprint density at radius 2 is 2.10 bits per heavy atom. The summed E-state index contributed by atoms with van der Waals surface area (Å²) in [6, 6.07) is 7.12. The van der Waals surface area contributed by atoms with Crippen molar-refractivity contribution in [2.45, 2.75) is 6.10 Å². The van der Waals surface area contributed by atoms with Crippen LogP contribution in [0.15, 0.2) is 41.0 Å². The first-order valence-electron chi connectivity index (χ1n) is 5.69. The van der Waals surface area contributed by atoms with Gasteiger partial charge in [-0.2, -0.15) is 0 Å². The topological polar surface area (TPSA) is 55.4 Å². The summed E-state index contributed by atoms with van der Waals surface area (Å²) in [4.78, 5) is 11.5. The van der Waals surface area contributed by atoms with Crippen molar-refractivity contribution in [1.29, 1.82) is 0 Å². The summed E-state index contributed by atoms with van der Waals surface area (Å²) in [5, 5.41) is 10.5. The second-order valence-electron chi connectivity index (χ2n) is 4.34. The predicted octanol–water partition coefficient (Wildman–Crippen LogP) is 3.80. The normalized spacial score (nSPS) is 13.0. The van der Waals surface area contributed by atoms with Gasteiger partial charge in [-0.1, -0.05) is 6.07 Å². The number of fused-ring (bicyclic) bond motifs is 1. The molecule has 7 heteroatoms. The molecule has 0 aliphatic rings. The van der Waals surface area contributed by atoms with E-state index in [-0.39, 0.29) is 0 Å². The van der Waals surface area contributed by atoms with Crippen molar-refractivity contribution in [3.05, 3.63) is 53.5 Å². The molecule has 1 N–H and O–H groups in total. The van der Waals surface area contributed by atoms with Gasteiger partial charge in [0.25, 0.3) is 0 Å². The van der Waals surface area contributed by atoms with Gasteiger partial charge in [0.05, 0.1) is 13.1 Å². The molecule has 20 heavy (non-hydrogen) atoms. The van der Waals surface area contributed by atoms with Gasteiger partial charge in [0.1, 0.15) is 6.10 Å². The van der Waals surface area contributed by atoms with Crippen LogP contribution < -0.4 is 5.76 Å². The molecule has 0 saturated carbocycles. The molecule has 0 saturated heterocycles. The zero-order chi connectivity index (χ0) is 14.4. The number of thiophene rings is 1. The largest absolute Gasteiger partial charge is 0.419 e. The molecule has 2 heterocycles. The van der Waals surface area contributed by atoms with Gasteiger partial charge in [0, 0.05) is 12.6 Å². The van der Waals surface area contributed by atoms with Gasteiger partial charge >= 0.3 is 5.76 Å². The van der Waals surface area contributed by atoms with Crippen LogP contribution in [-0.4, -0.2) is 9.67 Å². The number of benzene rings is 1. The molecule has 1 unspecified atom stereocenters. The molecule has 0 amide bonds. The van der Waals surface area contributed by atoms with Crippen LogP contribution in [0.2, 0.25) is 0 Å². The van der Waals surface area contributed by atoms with Gasteiger partial charge < -0.3 is 9.52 Å². The molecular formula is C13H9Br2NO3S. The van der Waals surface area contributed by atoms with Gasteiger partial charge in [-0.25, -0.2) is 4.79 Å². The summed E-state index contributed by atoms with van der Waals surface area (Å²) < 4.78 is 8.37. The van der Waals surface area contributed by atoms with Crippen molar-refractivity contribution in [1.82, 2.24) is 4.57 Å². The van der Waals surface area contributed by atoms with Crippen LogP contribution in [0.1, 0.15) is 17.2 Å². The summed E-state index contributed by atoms with van der Waals surface area (Å²) in [6.07, 6.45) is -0.776. The molecule has 104 valence electrons. The minimum atomic E-state index is -0.776. The standard InChI is InChI=1S/C13H9Br2NO3S/c1-16-8-3-2-6(4-9(8)19-13(16)18)11(17)7-5-10(14)20-12(7)15/h2-5,11,17H,1H3. The van der Waals surface area contributed by atoms with Crippen LogP contribution in [0.4, 0.5) is 0 Å². The first-order chi connectivity index (χ1) is 9.47. The fourth-order valence-corrected chi connectivity index (χ4v) is 4.92. The van der Waals surface area contributed by atoms with E-state index in [4.69, 9.17) is 4.42 Å². The Balaban J connectivity index is 2.10. The van der Waals surface area contributed by atoms with Gasteiger partial charge in [0.15, 0.2) is 5.58 Å². The fourth-order valence-electron chi connectivity index (χ4n) is 2.04. The average molecular weight is 419 g/mol. The van der Waals surface area contributed by atoms with Crippen LogP contribution in [-0.2, 0) is 7.05 Å². The third kappa shape index (κ3) is 2.28. The fraction of sp³-hybridized carbons (Fsp3) is 0.154. The summed E-state index contributed by atoms with van der Waals surface area (Å²) in [6.45, 7) is 0. The quantitative estimate of drug-likeness (QED) is 0.688. The molecule has 0 aliphatic carbocycles. The number of aryl methyl sites for hydroxylation is 1. The summed E-state index contributed by atoms with van der Waals surface area (Å²) >= 11 is 8.32. The number of hydrogen-bond donors (Lipinski definition) is 1. The van der Waals surface area contributed by atoms with E-state index in [0.29, 0.717) is 16.7 Å². The number of halogens is 2. The number of aliphatic hydroxyl groups excluding tert-OH is 1. The van der Waals surface area contributed by atoms with Gasteiger partial charge in [-0.15, -0.1) is 11.3 Å². The number of oxazole rings is 1. The number of rotatable bonds is 2. The maximum absolute atomic E-state index is 11.5. The molecule has 3 rings (SSSR count). The highest BCUT2D eigenvalue weighted by Gasteiger charge is 2.18. The van der Waals surface area contributed by atoms with Crippen molar-refractivity contribution < 1.29 is 9.52 Å². The molecular weight excluding hydrogens is 410 g/mol. The lowest BCUT2D eigenvalue weighted by atomic mass is 10.0. The summed E-state index contributed by atoms with van der Waals surface area (Å²) in [5.41, 5.74) is 2.63. The lowest BCUT2D eigenvalue weighted by molar-refractivity contribution is 0.220. The minimum Gasteiger partial charge on any atom is -0.408 e. The van der Waals surface area contributed by atoms with E-state index in [2.05, 4.69) is 31.9 Å².